The van der Waals surface area contributed by atoms with Crippen LogP contribution in [0.25, 0.3) is 0 Å². The van der Waals surface area contributed by atoms with Crippen molar-refractivity contribution in [3.63, 3.8) is 0 Å². The van der Waals surface area contributed by atoms with E-state index in [1.807, 2.05) is 49.5 Å². The molecule has 0 aliphatic heterocycles. The fourth-order valence-electron chi connectivity index (χ4n) is 4.72. The van der Waals surface area contributed by atoms with Crippen molar-refractivity contribution in [2.45, 2.75) is 135 Å². The molecule has 0 aromatic carbocycles. The summed E-state index contributed by atoms with van der Waals surface area (Å²) in [6, 6.07) is 0. The summed E-state index contributed by atoms with van der Waals surface area (Å²) in [5.41, 5.74) is 5.33. The van der Waals surface area contributed by atoms with Crippen molar-refractivity contribution in [2.75, 3.05) is 26.4 Å². The van der Waals surface area contributed by atoms with Crippen LogP contribution in [-0.2, 0) is 32.7 Å². The molecule has 0 bridgehead atoms. The van der Waals surface area contributed by atoms with Gasteiger partial charge in [-0.1, -0.05) is 148 Å². The van der Waals surface area contributed by atoms with Crippen LogP contribution < -0.4 is 5.73 Å². The number of aliphatic hydroxyl groups is 1. The lowest BCUT2D eigenvalue weighted by molar-refractivity contribution is -0.161. The van der Waals surface area contributed by atoms with Gasteiger partial charge in [-0.05, 0) is 83.5 Å². The highest BCUT2D eigenvalue weighted by Crippen LogP contribution is 2.43. The number of phosphoric ester groups is 1. The minimum Gasteiger partial charge on any atom is -0.462 e. The molecule has 0 fully saturated rings. The molecule has 0 rings (SSSR count). The Morgan fingerprint density at radius 2 is 1.10 bits per heavy atom. The van der Waals surface area contributed by atoms with Crippen LogP contribution in [0.1, 0.15) is 123 Å². The third-order valence-corrected chi connectivity index (χ3v) is 8.99. The van der Waals surface area contributed by atoms with Crippen LogP contribution in [0.4, 0.5) is 0 Å². The molecule has 0 aliphatic carbocycles. The van der Waals surface area contributed by atoms with Crippen LogP contribution in [0.2, 0.25) is 0 Å². The SMILES string of the molecule is CCCCC/C=C\C/C=C\C/C=C\C/C=C\C/C=C\CCC(=O)O[C@H](COC(=O)CCC/C=C\C/C=C\C/C=C\C/C=C\C=C\[C@@H](O)CC)COP(=O)(O)OCCN. The number of nitrogens with two attached hydrogens (primary N) is 1. The molecule has 0 aromatic heterocycles. The van der Waals surface area contributed by atoms with Crippen molar-refractivity contribution >= 4 is 19.8 Å². The summed E-state index contributed by atoms with van der Waals surface area (Å²) in [6.07, 6.45) is 53.4. The van der Waals surface area contributed by atoms with Gasteiger partial charge in [0.05, 0.1) is 19.3 Å². The molecule has 0 aromatic rings. The molecule has 0 saturated heterocycles. The van der Waals surface area contributed by atoms with Gasteiger partial charge in [0.1, 0.15) is 6.61 Å². The molecule has 0 spiro atoms. The molecular weight excluding hydrogens is 753 g/mol. The van der Waals surface area contributed by atoms with E-state index < -0.39 is 32.5 Å². The highest BCUT2D eigenvalue weighted by Gasteiger charge is 2.25. The molecule has 0 heterocycles. The third-order valence-electron chi connectivity index (χ3n) is 8.00. The number of carbonyl (C=O) groups excluding carboxylic acids is 2. The van der Waals surface area contributed by atoms with Crippen molar-refractivity contribution in [1.29, 1.82) is 0 Å². The molecule has 1 unspecified atom stereocenters. The Hall–Kier alpha value is -3.63. The predicted octanol–water partition coefficient (Wildman–Crippen LogP) is 11.1. The lowest BCUT2D eigenvalue weighted by atomic mass is 10.2. The second-order valence-corrected chi connectivity index (χ2v) is 14.8. The molecular formula is C47H74NO9P. The average Bonchev–Trinajstić information content (AvgIpc) is 3.21. The normalized spacial score (nSPS) is 15.1. The Morgan fingerprint density at radius 1 is 0.603 bits per heavy atom. The van der Waals surface area contributed by atoms with Crippen molar-refractivity contribution in [2.24, 2.45) is 5.73 Å². The maximum atomic E-state index is 12.5. The number of phosphoric acid groups is 1. The number of allylic oxidation sites excluding steroid dienone is 19. The highest BCUT2D eigenvalue weighted by atomic mass is 31.2. The number of hydrogen-bond acceptors (Lipinski definition) is 9. The molecule has 10 nitrogen and oxygen atoms in total. The van der Waals surface area contributed by atoms with Crippen molar-refractivity contribution in [3.05, 3.63) is 122 Å². The van der Waals surface area contributed by atoms with E-state index in [2.05, 4.69) is 79.8 Å². The number of esters is 2. The van der Waals surface area contributed by atoms with E-state index in [4.69, 9.17) is 24.3 Å². The van der Waals surface area contributed by atoms with Gasteiger partial charge >= 0.3 is 19.8 Å². The Labute approximate surface area is 350 Å². The summed E-state index contributed by atoms with van der Waals surface area (Å²) < 4.78 is 32.6. The van der Waals surface area contributed by atoms with Gasteiger partial charge in [0.2, 0.25) is 0 Å². The summed E-state index contributed by atoms with van der Waals surface area (Å²) in [5.74, 6) is -1.03. The molecule has 326 valence electrons. The van der Waals surface area contributed by atoms with Gasteiger partial charge in [-0.25, -0.2) is 4.57 Å². The van der Waals surface area contributed by atoms with Crippen molar-refractivity contribution in [3.8, 4) is 0 Å². The zero-order chi connectivity index (χ0) is 42.6. The van der Waals surface area contributed by atoms with E-state index in [-0.39, 0.29) is 38.7 Å². The lowest BCUT2D eigenvalue weighted by Crippen LogP contribution is -2.29. The summed E-state index contributed by atoms with van der Waals surface area (Å²) in [7, 11) is -4.43. The average molecular weight is 828 g/mol. The van der Waals surface area contributed by atoms with Crippen LogP contribution in [0.5, 0.6) is 0 Å². The molecule has 11 heteroatoms. The minimum atomic E-state index is -4.43. The first-order valence-corrected chi connectivity index (χ1v) is 22.6. The van der Waals surface area contributed by atoms with Gasteiger partial charge in [0, 0.05) is 19.4 Å². The minimum absolute atomic E-state index is 0.0216. The van der Waals surface area contributed by atoms with Crippen LogP contribution in [0, 0.1) is 0 Å². The first-order valence-electron chi connectivity index (χ1n) is 21.1. The fourth-order valence-corrected chi connectivity index (χ4v) is 5.48. The number of rotatable bonds is 37. The largest absolute Gasteiger partial charge is 0.472 e. The monoisotopic (exact) mass is 828 g/mol. The Morgan fingerprint density at radius 3 is 1.62 bits per heavy atom. The van der Waals surface area contributed by atoms with Gasteiger partial charge in [0.25, 0.3) is 0 Å². The van der Waals surface area contributed by atoms with E-state index in [9.17, 15) is 24.2 Å². The van der Waals surface area contributed by atoms with Gasteiger partial charge in [-0.2, -0.15) is 0 Å². The fraction of sp³-hybridized carbons (Fsp3) is 0.532. The number of aliphatic hydroxyl groups excluding tert-OH is 1. The number of ether oxygens (including phenoxy) is 2. The topological polar surface area (TPSA) is 155 Å². The van der Waals surface area contributed by atoms with E-state index in [0.29, 0.717) is 25.7 Å². The molecule has 0 aliphatic rings. The van der Waals surface area contributed by atoms with E-state index in [0.717, 1.165) is 44.9 Å². The summed E-state index contributed by atoms with van der Waals surface area (Å²) in [5, 5.41) is 9.47. The quantitative estimate of drug-likeness (QED) is 0.0181. The van der Waals surface area contributed by atoms with E-state index in [1.165, 1.54) is 25.7 Å². The van der Waals surface area contributed by atoms with Gasteiger partial charge in [0.15, 0.2) is 6.10 Å². The first kappa shape index (κ1) is 54.4. The highest BCUT2D eigenvalue weighted by molar-refractivity contribution is 7.47. The van der Waals surface area contributed by atoms with Crippen molar-refractivity contribution < 1.29 is 42.7 Å². The number of hydrogen-bond donors (Lipinski definition) is 3. The molecule has 3 atom stereocenters. The predicted molar refractivity (Wildman–Crippen MR) is 239 cm³/mol. The third kappa shape index (κ3) is 40.6. The van der Waals surface area contributed by atoms with Crippen LogP contribution in [0.15, 0.2) is 122 Å². The summed E-state index contributed by atoms with van der Waals surface area (Å²) in [4.78, 5) is 34.8. The molecule has 58 heavy (non-hydrogen) atoms. The van der Waals surface area contributed by atoms with Gasteiger partial charge in [-0.15, -0.1) is 0 Å². The second-order valence-electron chi connectivity index (χ2n) is 13.3. The standard InChI is InChI=1S/C47H74NO9P/c1-3-5-6-7-8-9-10-11-12-13-14-15-16-21-24-27-30-33-36-39-47(51)57-45(43-56-58(52,53)55-41-40-48)42-54-46(50)38-35-32-29-26-23-20-18-17-19-22-25-28-31-34-37-44(49)4-2/h8-9,11-12,14-15,18-22,24,26,28-31,33-34,37,44-45,49H,3-7,10,13,16-17,23,25,27,32,35-36,38-43,48H2,1-2H3,(H,52,53)/b9-8-,12-11-,15-14-,20-18-,22-19-,24-21-,29-26-,31-28-,33-30-,37-34+/t44-,45+/m0/s1. The summed E-state index contributed by atoms with van der Waals surface area (Å²) >= 11 is 0. The Kier molecular flexibility index (Phi) is 38.9. The maximum Gasteiger partial charge on any atom is 0.472 e. The first-order chi connectivity index (χ1) is 28.2. The number of unbranched alkanes of at least 4 members (excludes halogenated alkanes) is 4. The smallest absolute Gasteiger partial charge is 0.462 e. The molecule has 4 N–H and O–H groups in total. The maximum absolute atomic E-state index is 12.5. The van der Waals surface area contributed by atoms with Gasteiger partial charge in [-0.3, -0.25) is 18.6 Å². The van der Waals surface area contributed by atoms with E-state index >= 15 is 0 Å². The molecule has 0 saturated carbocycles. The Bertz CT molecular complexity index is 1370. The van der Waals surface area contributed by atoms with Crippen LogP contribution >= 0.6 is 7.82 Å². The summed E-state index contributed by atoms with van der Waals surface area (Å²) in [6.45, 7) is 3.17. The zero-order valence-corrected chi connectivity index (χ0v) is 36.2. The van der Waals surface area contributed by atoms with Crippen LogP contribution in [-0.4, -0.2) is 60.5 Å². The number of carbonyl (C=O) groups is 2. The van der Waals surface area contributed by atoms with E-state index in [1.54, 1.807) is 6.08 Å². The zero-order valence-electron chi connectivity index (χ0n) is 35.3. The van der Waals surface area contributed by atoms with Crippen LogP contribution in [0.3, 0.4) is 0 Å². The Balaban J connectivity index is 4.44. The molecule has 0 radical (unpaired) electrons. The molecule has 0 amide bonds. The lowest BCUT2D eigenvalue weighted by Gasteiger charge is -2.19. The van der Waals surface area contributed by atoms with Crippen molar-refractivity contribution in [1.82, 2.24) is 0 Å². The van der Waals surface area contributed by atoms with Gasteiger partial charge < -0.3 is 25.2 Å². The second kappa shape index (κ2) is 41.5.